The molecule has 0 nitrogen and oxygen atoms in total. The number of benzene rings is 1. The molecule has 0 aliphatic rings. The van der Waals surface area contributed by atoms with E-state index in [1.54, 1.807) is 0 Å². The maximum absolute atomic E-state index is 6.10. The standard InChI is InChI=1S/C8H5BrClI3/c9-4-5-1-2-6(3-7(5)10)8(11,12)13/h1-3H,4H2. The van der Waals surface area contributed by atoms with Gasteiger partial charge in [-0.25, -0.2) is 0 Å². The fourth-order valence-electron chi connectivity index (χ4n) is 0.832. The fraction of sp³-hybridized carbons (Fsp3) is 0.250. The molecule has 0 fully saturated rings. The Morgan fingerprint density at radius 1 is 1.31 bits per heavy atom. The van der Waals surface area contributed by atoms with Gasteiger partial charge in [-0.2, -0.15) is 0 Å². The lowest BCUT2D eigenvalue weighted by Crippen LogP contribution is -1.97. The summed E-state index contributed by atoms with van der Waals surface area (Å²) >= 11 is 16.6. The van der Waals surface area contributed by atoms with Crippen LogP contribution >= 0.6 is 95.3 Å². The molecule has 13 heavy (non-hydrogen) atoms. The van der Waals surface area contributed by atoms with Crippen LogP contribution in [-0.4, -0.2) is 0 Å². The molecule has 5 heteroatoms. The minimum absolute atomic E-state index is 0.0851. The quantitative estimate of drug-likeness (QED) is 0.306. The molecule has 0 N–H and O–H groups in total. The molecular formula is C8H5BrClI3. The second-order valence-corrected chi connectivity index (χ2v) is 14.5. The Kier molecular flexibility index (Phi) is 5.59. The first-order valence-corrected chi connectivity index (χ1v) is 8.10. The van der Waals surface area contributed by atoms with Gasteiger partial charge >= 0.3 is 0 Å². The molecule has 0 atom stereocenters. The first-order chi connectivity index (χ1) is 5.95. The minimum atomic E-state index is 0.0851. The molecule has 0 heterocycles. The van der Waals surface area contributed by atoms with Gasteiger partial charge in [-0.05, 0) is 85.0 Å². The van der Waals surface area contributed by atoms with Crippen molar-refractivity contribution in [3.8, 4) is 0 Å². The Bertz CT molecular complexity index is 309. The van der Waals surface area contributed by atoms with Crippen LogP contribution in [0.15, 0.2) is 18.2 Å². The van der Waals surface area contributed by atoms with Crippen molar-refractivity contribution in [2.24, 2.45) is 0 Å². The molecule has 0 unspecified atom stereocenters. The monoisotopic (exact) mass is 596 g/mol. The summed E-state index contributed by atoms with van der Waals surface area (Å²) in [5, 5.41) is 1.65. The zero-order valence-corrected chi connectivity index (χ0v) is 15.1. The van der Waals surface area contributed by atoms with Crippen molar-refractivity contribution in [1.29, 1.82) is 0 Å². The van der Waals surface area contributed by atoms with Crippen molar-refractivity contribution in [2.75, 3.05) is 0 Å². The summed E-state index contributed by atoms with van der Waals surface area (Å²) in [4.78, 5) is 0. The molecule has 1 rings (SSSR count). The molecule has 0 aromatic heterocycles. The van der Waals surface area contributed by atoms with E-state index in [1.165, 1.54) is 5.56 Å². The van der Waals surface area contributed by atoms with E-state index in [0.717, 1.165) is 15.9 Å². The molecule has 0 aliphatic carbocycles. The van der Waals surface area contributed by atoms with E-state index in [-0.39, 0.29) is -0.565 Å². The Morgan fingerprint density at radius 3 is 2.31 bits per heavy atom. The van der Waals surface area contributed by atoms with Crippen LogP contribution < -0.4 is 0 Å². The van der Waals surface area contributed by atoms with Gasteiger partial charge in [0.25, 0.3) is 0 Å². The largest absolute Gasteiger partial charge is 0.149 e. The number of hydrogen-bond donors (Lipinski definition) is 0. The van der Waals surface area contributed by atoms with Crippen molar-refractivity contribution < 1.29 is 0 Å². The van der Waals surface area contributed by atoms with Crippen molar-refractivity contribution in [3.05, 3.63) is 34.3 Å². The normalized spacial score (nSPS) is 11.8. The Hall–Kier alpha value is 2.18. The minimum Gasteiger partial charge on any atom is -0.0876 e. The second-order valence-electron chi connectivity index (χ2n) is 2.44. The van der Waals surface area contributed by atoms with Crippen LogP contribution in [0.1, 0.15) is 11.1 Å². The molecule has 0 saturated carbocycles. The summed E-state index contributed by atoms with van der Waals surface area (Å²) < 4.78 is 0.0851. The summed E-state index contributed by atoms with van der Waals surface area (Å²) in [5.41, 5.74) is 2.38. The lowest BCUT2D eigenvalue weighted by Gasteiger charge is -2.13. The van der Waals surface area contributed by atoms with Crippen LogP contribution in [0.3, 0.4) is 0 Å². The number of hydrogen-bond acceptors (Lipinski definition) is 0. The van der Waals surface area contributed by atoms with Crippen molar-refractivity contribution >= 4 is 95.3 Å². The topological polar surface area (TPSA) is 0 Å². The molecule has 0 spiro atoms. The molecule has 0 aliphatic heterocycles. The third-order valence-electron chi connectivity index (χ3n) is 1.52. The van der Waals surface area contributed by atoms with E-state index >= 15 is 0 Å². The third-order valence-corrected chi connectivity index (χ3v) is 4.35. The molecule has 72 valence electrons. The van der Waals surface area contributed by atoms with E-state index in [4.69, 9.17) is 11.6 Å². The average molecular weight is 597 g/mol. The van der Waals surface area contributed by atoms with Gasteiger partial charge in [-0.3, -0.25) is 0 Å². The zero-order chi connectivity index (χ0) is 10.1. The van der Waals surface area contributed by atoms with Crippen LogP contribution in [0, 0.1) is 0 Å². The fourth-order valence-corrected chi connectivity index (χ4v) is 2.74. The molecule has 1 aromatic rings. The van der Waals surface area contributed by atoms with Crippen molar-refractivity contribution in [3.63, 3.8) is 0 Å². The predicted octanol–water partition coefficient (Wildman–Crippen LogP) is 5.65. The first-order valence-electron chi connectivity index (χ1n) is 3.36. The highest BCUT2D eigenvalue weighted by molar-refractivity contribution is 14.3. The number of halogens is 5. The van der Waals surface area contributed by atoms with Crippen LogP contribution in [0.4, 0.5) is 0 Å². The van der Waals surface area contributed by atoms with Crippen molar-refractivity contribution in [2.45, 2.75) is 4.77 Å². The van der Waals surface area contributed by atoms with Gasteiger partial charge in [-0.1, -0.05) is 39.7 Å². The molecule has 0 radical (unpaired) electrons. The molecule has 1 aromatic carbocycles. The van der Waals surface area contributed by atoms with Gasteiger partial charge in [0.05, 0.1) is 0 Å². The maximum Gasteiger partial charge on any atom is 0.149 e. The summed E-state index contributed by atoms with van der Waals surface area (Å²) in [5.74, 6) is 0. The molecule has 0 amide bonds. The number of rotatable bonds is 2. The van der Waals surface area contributed by atoms with E-state index in [1.807, 2.05) is 6.07 Å². The molecule has 0 saturated heterocycles. The van der Waals surface area contributed by atoms with Gasteiger partial charge in [0, 0.05) is 10.4 Å². The smallest absolute Gasteiger partial charge is 0.0876 e. The van der Waals surface area contributed by atoms with Gasteiger partial charge in [-0.15, -0.1) is 0 Å². The lowest BCUT2D eigenvalue weighted by molar-refractivity contribution is 1.36. The molecule has 0 bridgehead atoms. The van der Waals surface area contributed by atoms with Gasteiger partial charge in [0.15, 0.2) is 0 Å². The highest BCUT2D eigenvalue weighted by atomic mass is 127. The molecular weight excluding hydrogens is 592 g/mol. The summed E-state index contributed by atoms with van der Waals surface area (Å²) in [6.45, 7) is 0. The van der Waals surface area contributed by atoms with Crippen LogP contribution in [0.5, 0.6) is 0 Å². The average Bonchev–Trinajstić information content (AvgIpc) is 2.02. The van der Waals surface area contributed by atoms with Crippen LogP contribution in [0.2, 0.25) is 5.02 Å². The SMILES string of the molecule is Clc1cc(C(I)(I)I)ccc1CBr. The second kappa shape index (κ2) is 5.49. The summed E-state index contributed by atoms with van der Waals surface area (Å²) in [6.07, 6.45) is 0. The maximum atomic E-state index is 6.10. The van der Waals surface area contributed by atoms with Gasteiger partial charge in [0.2, 0.25) is 0 Å². The zero-order valence-electron chi connectivity index (χ0n) is 6.33. The number of alkyl halides is 4. The Labute approximate surface area is 132 Å². The highest BCUT2D eigenvalue weighted by Gasteiger charge is 2.20. The van der Waals surface area contributed by atoms with E-state index in [2.05, 4.69) is 95.8 Å². The van der Waals surface area contributed by atoms with E-state index in [0.29, 0.717) is 0 Å². The first kappa shape index (κ1) is 13.2. The van der Waals surface area contributed by atoms with Gasteiger partial charge in [0.1, 0.15) is -0.565 Å². The third kappa shape index (κ3) is 3.92. The van der Waals surface area contributed by atoms with Gasteiger partial charge < -0.3 is 0 Å². The Morgan fingerprint density at radius 2 is 1.92 bits per heavy atom. The lowest BCUT2D eigenvalue weighted by atomic mass is 10.2. The van der Waals surface area contributed by atoms with Crippen LogP contribution in [0.25, 0.3) is 0 Å². The predicted molar refractivity (Wildman–Crippen MR) is 87.8 cm³/mol. The summed E-state index contributed by atoms with van der Waals surface area (Å²) in [7, 11) is 0. The summed E-state index contributed by atoms with van der Waals surface area (Å²) in [6, 6.07) is 6.22. The van der Waals surface area contributed by atoms with E-state index < -0.39 is 0 Å². The highest BCUT2D eigenvalue weighted by Crippen LogP contribution is 2.46. The van der Waals surface area contributed by atoms with Crippen molar-refractivity contribution in [1.82, 2.24) is 0 Å². The van der Waals surface area contributed by atoms with E-state index in [9.17, 15) is 0 Å². The Balaban J connectivity index is 3.10. The van der Waals surface area contributed by atoms with Crippen LogP contribution in [-0.2, 0) is 4.77 Å².